The van der Waals surface area contributed by atoms with Gasteiger partial charge in [0.25, 0.3) is 0 Å². The Morgan fingerprint density at radius 2 is 1.78 bits per heavy atom. The summed E-state index contributed by atoms with van der Waals surface area (Å²) in [5, 5.41) is 3.85. The minimum absolute atomic E-state index is 0.0725. The van der Waals surface area contributed by atoms with Crippen LogP contribution in [0, 0.1) is 0 Å². The molecule has 156 valence electrons. The first-order valence-electron chi connectivity index (χ1n) is 10.9. The van der Waals surface area contributed by atoms with E-state index >= 15 is 0 Å². The maximum absolute atomic E-state index is 12.4. The monoisotopic (exact) mass is 380 g/mol. The summed E-state index contributed by atoms with van der Waals surface area (Å²) in [5.41, 5.74) is 5.95. The van der Waals surface area contributed by atoms with Crippen LogP contribution in [0.5, 0.6) is 0 Å². The second-order valence-corrected chi connectivity index (χ2v) is 10.1. The lowest BCUT2D eigenvalue weighted by Gasteiger charge is -2.44. The Morgan fingerprint density at radius 1 is 1.11 bits per heavy atom. The van der Waals surface area contributed by atoms with Crippen molar-refractivity contribution in [3.63, 3.8) is 0 Å². The highest BCUT2D eigenvalue weighted by Gasteiger charge is 2.43. The van der Waals surface area contributed by atoms with Crippen LogP contribution in [0.15, 0.2) is 0 Å². The van der Waals surface area contributed by atoms with E-state index in [-0.39, 0.29) is 11.6 Å². The molecule has 0 bridgehead atoms. The number of nitrogens with one attached hydrogen (secondary N) is 1. The Bertz CT molecular complexity index is 513. The fourth-order valence-corrected chi connectivity index (χ4v) is 4.94. The van der Waals surface area contributed by atoms with Crippen molar-refractivity contribution in [1.82, 2.24) is 15.1 Å². The number of hydrogen-bond acceptors (Lipinski definition) is 5. The topological polar surface area (TPSA) is 70.8 Å². The van der Waals surface area contributed by atoms with Crippen molar-refractivity contribution >= 4 is 6.09 Å². The number of nitrogens with two attached hydrogens (primary N) is 1. The zero-order chi connectivity index (χ0) is 19.7. The molecule has 2 heterocycles. The summed E-state index contributed by atoms with van der Waals surface area (Å²) in [7, 11) is 0. The average Bonchev–Trinajstić information content (AvgIpc) is 3.00. The maximum atomic E-state index is 12.4. The van der Waals surface area contributed by atoms with Gasteiger partial charge in [0.15, 0.2) is 0 Å². The van der Waals surface area contributed by atoms with Crippen molar-refractivity contribution in [2.24, 2.45) is 5.73 Å². The van der Waals surface area contributed by atoms with Crippen molar-refractivity contribution in [3.05, 3.63) is 0 Å². The standard InChI is InChI=1S/C21H40N4O2/c1-20(2,3)27-19(26)24-14-11-21(4,15-24)25-12-9-16(10-13-25)23-18-8-6-5-7-17(18)22/h16-18,23H,5-15,22H2,1-4H3/t17-,18-,21?/m1/s1. The van der Waals surface area contributed by atoms with E-state index in [1.165, 1.54) is 32.1 Å². The third kappa shape index (κ3) is 5.36. The van der Waals surface area contributed by atoms with E-state index < -0.39 is 5.60 Å². The fourth-order valence-electron chi connectivity index (χ4n) is 4.94. The zero-order valence-electron chi connectivity index (χ0n) is 17.8. The molecule has 0 radical (unpaired) electrons. The van der Waals surface area contributed by atoms with Gasteiger partial charge >= 0.3 is 6.09 Å². The second kappa shape index (κ2) is 8.26. The second-order valence-electron chi connectivity index (χ2n) is 10.1. The van der Waals surface area contributed by atoms with Gasteiger partial charge in [0.2, 0.25) is 0 Å². The molecule has 1 saturated carbocycles. The van der Waals surface area contributed by atoms with E-state index in [1.807, 2.05) is 25.7 Å². The number of rotatable bonds is 3. The van der Waals surface area contributed by atoms with Crippen LogP contribution in [-0.2, 0) is 4.74 Å². The lowest BCUT2D eigenvalue weighted by Crippen LogP contribution is -2.57. The molecule has 0 spiro atoms. The molecule has 3 rings (SSSR count). The van der Waals surface area contributed by atoms with Crippen LogP contribution >= 0.6 is 0 Å². The van der Waals surface area contributed by atoms with Gasteiger partial charge in [-0.25, -0.2) is 4.79 Å². The van der Waals surface area contributed by atoms with Crippen LogP contribution in [0.1, 0.15) is 72.6 Å². The van der Waals surface area contributed by atoms with Crippen LogP contribution in [0.4, 0.5) is 4.79 Å². The highest BCUT2D eigenvalue weighted by atomic mass is 16.6. The summed E-state index contributed by atoms with van der Waals surface area (Å²) in [6.45, 7) is 11.8. The Hall–Kier alpha value is -0.850. The van der Waals surface area contributed by atoms with E-state index in [4.69, 9.17) is 10.5 Å². The minimum Gasteiger partial charge on any atom is -0.444 e. The van der Waals surface area contributed by atoms with E-state index in [1.54, 1.807) is 0 Å². The number of ether oxygens (including phenoxy) is 1. The van der Waals surface area contributed by atoms with E-state index in [0.29, 0.717) is 18.1 Å². The predicted octanol–water partition coefficient (Wildman–Crippen LogP) is 2.71. The SMILES string of the molecule is CC(C)(C)OC(=O)N1CCC(C)(N2CCC(N[C@@H]3CCCC[C@H]3N)CC2)C1. The molecule has 3 N–H and O–H groups in total. The molecule has 1 amide bonds. The van der Waals surface area contributed by atoms with Crippen molar-refractivity contribution < 1.29 is 9.53 Å². The van der Waals surface area contributed by atoms with Gasteiger partial charge in [0.05, 0.1) is 0 Å². The Morgan fingerprint density at radius 3 is 2.41 bits per heavy atom. The first-order chi connectivity index (χ1) is 12.7. The lowest BCUT2D eigenvalue weighted by atomic mass is 9.89. The molecule has 0 aromatic heterocycles. The number of piperidine rings is 1. The first kappa shape index (κ1) is 20.9. The molecule has 3 aliphatic rings. The highest BCUT2D eigenvalue weighted by Crippen LogP contribution is 2.31. The van der Waals surface area contributed by atoms with Gasteiger partial charge in [-0.1, -0.05) is 12.8 Å². The van der Waals surface area contributed by atoms with E-state index in [2.05, 4.69) is 17.1 Å². The molecule has 2 saturated heterocycles. The Kier molecular flexibility index (Phi) is 6.38. The molecule has 6 nitrogen and oxygen atoms in total. The third-order valence-corrected chi connectivity index (χ3v) is 6.63. The number of nitrogens with zero attached hydrogens (tertiary/aromatic N) is 2. The number of likely N-dealkylation sites (tertiary alicyclic amines) is 2. The van der Waals surface area contributed by atoms with Crippen molar-refractivity contribution in [2.75, 3.05) is 26.2 Å². The Labute approximate surface area is 165 Å². The molecule has 1 unspecified atom stereocenters. The first-order valence-corrected chi connectivity index (χ1v) is 10.9. The molecular formula is C21H40N4O2. The normalized spacial score (nSPS) is 34.0. The largest absolute Gasteiger partial charge is 0.444 e. The summed E-state index contributed by atoms with van der Waals surface area (Å²) in [5.74, 6) is 0. The molecule has 6 heteroatoms. The Balaban J connectivity index is 1.47. The van der Waals surface area contributed by atoms with Crippen LogP contribution in [0.2, 0.25) is 0 Å². The number of amides is 1. The molecule has 27 heavy (non-hydrogen) atoms. The molecule has 2 aliphatic heterocycles. The third-order valence-electron chi connectivity index (χ3n) is 6.63. The van der Waals surface area contributed by atoms with Crippen LogP contribution < -0.4 is 11.1 Å². The quantitative estimate of drug-likeness (QED) is 0.788. The van der Waals surface area contributed by atoms with Gasteiger partial charge in [-0.2, -0.15) is 0 Å². The average molecular weight is 381 g/mol. The highest BCUT2D eigenvalue weighted by molar-refractivity contribution is 5.68. The lowest BCUT2D eigenvalue weighted by molar-refractivity contribution is 0.0224. The number of carbonyl (C=O) groups is 1. The number of hydrogen-bond donors (Lipinski definition) is 2. The summed E-state index contributed by atoms with van der Waals surface area (Å²) in [6.07, 6.45) is 8.18. The zero-order valence-corrected chi connectivity index (χ0v) is 17.8. The van der Waals surface area contributed by atoms with E-state index in [9.17, 15) is 4.79 Å². The molecular weight excluding hydrogens is 340 g/mol. The summed E-state index contributed by atoms with van der Waals surface area (Å²) >= 11 is 0. The van der Waals surface area contributed by atoms with Gasteiger partial charge in [-0.15, -0.1) is 0 Å². The summed E-state index contributed by atoms with van der Waals surface area (Å²) in [4.78, 5) is 16.9. The molecule has 3 atom stereocenters. The van der Waals surface area contributed by atoms with E-state index in [0.717, 1.165) is 39.0 Å². The molecule has 0 aromatic carbocycles. The van der Waals surface area contributed by atoms with Crippen LogP contribution in [-0.4, -0.2) is 71.3 Å². The van der Waals surface area contributed by atoms with Crippen molar-refractivity contribution in [1.29, 1.82) is 0 Å². The van der Waals surface area contributed by atoms with Gasteiger partial charge in [0.1, 0.15) is 5.60 Å². The van der Waals surface area contributed by atoms with Crippen LogP contribution in [0.3, 0.4) is 0 Å². The molecule has 3 fully saturated rings. The molecule has 1 aliphatic carbocycles. The van der Waals surface area contributed by atoms with Crippen molar-refractivity contribution in [2.45, 2.75) is 102 Å². The summed E-state index contributed by atoms with van der Waals surface area (Å²) < 4.78 is 5.56. The van der Waals surface area contributed by atoms with Gasteiger partial charge in [-0.05, 0) is 59.8 Å². The minimum atomic E-state index is -0.430. The van der Waals surface area contributed by atoms with Gasteiger partial charge < -0.3 is 20.7 Å². The maximum Gasteiger partial charge on any atom is 0.410 e. The number of carbonyl (C=O) groups excluding carboxylic acids is 1. The van der Waals surface area contributed by atoms with Crippen LogP contribution in [0.25, 0.3) is 0 Å². The van der Waals surface area contributed by atoms with Gasteiger partial charge in [-0.3, -0.25) is 4.90 Å². The smallest absolute Gasteiger partial charge is 0.410 e. The molecule has 0 aromatic rings. The fraction of sp³-hybridized carbons (Fsp3) is 0.952. The van der Waals surface area contributed by atoms with Gasteiger partial charge in [0, 0.05) is 49.8 Å². The predicted molar refractivity (Wildman–Crippen MR) is 109 cm³/mol. The summed E-state index contributed by atoms with van der Waals surface area (Å²) in [6, 6.07) is 1.41. The van der Waals surface area contributed by atoms with Crippen molar-refractivity contribution in [3.8, 4) is 0 Å².